The molecule has 1 fully saturated rings. The Kier molecular flexibility index (Phi) is 9.17. The molecule has 0 unspecified atom stereocenters. The monoisotopic (exact) mass is 572 g/mol. The molecule has 0 spiro atoms. The molecule has 0 aromatic heterocycles. The number of halogens is 2. The third-order valence-corrected chi connectivity index (χ3v) is 6.67. The summed E-state index contributed by atoms with van der Waals surface area (Å²) >= 11 is 13.1. The van der Waals surface area contributed by atoms with E-state index in [0.29, 0.717) is 22.0 Å². The maximum absolute atomic E-state index is 12.8. The third-order valence-electron chi connectivity index (χ3n) is 5.23. The third kappa shape index (κ3) is 7.00. The van der Waals surface area contributed by atoms with Crippen LogP contribution in [0.5, 0.6) is 17.2 Å². The van der Waals surface area contributed by atoms with E-state index in [9.17, 15) is 14.4 Å². The molecule has 1 aliphatic rings. The number of nitrogens with one attached hydrogen (secondary N) is 1. The number of carbonyl (C=O) groups is 3. The second kappa shape index (κ2) is 12.7. The molecule has 0 bridgehead atoms. The van der Waals surface area contributed by atoms with Crippen LogP contribution in [0, 0.1) is 0 Å². The predicted octanol–water partition coefficient (Wildman–Crippen LogP) is 6.13. The van der Waals surface area contributed by atoms with Gasteiger partial charge in [0.25, 0.3) is 17.1 Å². The summed E-state index contributed by atoms with van der Waals surface area (Å²) in [5.41, 5.74) is 1.09. The van der Waals surface area contributed by atoms with Gasteiger partial charge in [0.05, 0.1) is 23.6 Å². The van der Waals surface area contributed by atoms with E-state index in [1.165, 1.54) is 7.11 Å². The first kappa shape index (κ1) is 27.4. The molecule has 8 nitrogen and oxygen atoms in total. The van der Waals surface area contributed by atoms with Gasteiger partial charge in [0, 0.05) is 10.7 Å². The maximum Gasteiger partial charge on any atom is 0.293 e. The molecule has 38 heavy (non-hydrogen) atoms. The van der Waals surface area contributed by atoms with Gasteiger partial charge in [-0.2, -0.15) is 0 Å². The number of thioether (sulfide) groups is 1. The summed E-state index contributed by atoms with van der Waals surface area (Å²) in [6, 6.07) is 18.9. The van der Waals surface area contributed by atoms with Crippen LogP contribution < -0.4 is 19.5 Å². The van der Waals surface area contributed by atoms with Crippen molar-refractivity contribution in [3.05, 3.63) is 87.2 Å². The number of carbonyl (C=O) groups excluding carboxylic acids is 3. The molecular weight excluding hydrogens is 551 g/mol. The van der Waals surface area contributed by atoms with Gasteiger partial charge >= 0.3 is 0 Å². The number of benzene rings is 3. The van der Waals surface area contributed by atoms with Crippen molar-refractivity contribution in [2.24, 2.45) is 0 Å². The molecule has 4 rings (SSSR count). The van der Waals surface area contributed by atoms with E-state index < -0.39 is 11.8 Å². The van der Waals surface area contributed by atoms with Gasteiger partial charge in [-0.05, 0) is 71.9 Å². The minimum atomic E-state index is -0.425. The number of nitrogens with zero attached hydrogens (tertiary/aromatic N) is 1. The van der Waals surface area contributed by atoms with Gasteiger partial charge in [-0.1, -0.05) is 41.4 Å². The van der Waals surface area contributed by atoms with Gasteiger partial charge in [-0.25, -0.2) is 0 Å². The van der Waals surface area contributed by atoms with Gasteiger partial charge in [0.15, 0.2) is 18.1 Å². The fourth-order valence-electron chi connectivity index (χ4n) is 3.45. The summed E-state index contributed by atoms with van der Waals surface area (Å²) in [6.45, 7) is -0.0273. The molecule has 1 N–H and O–H groups in total. The zero-order valence-corrected chi connectivity index (χ0v) is 22.4. The van der Waals surface area contributed by atoms with Crippen molar-refractivity contribution in [1.29, 1.82) is 0 Å². The van der Waals surface area contributed by atoms with Crippen LogP contribution >= 0.6 is 35.0 Å². The first-order chi connectivity index (χ1) is 18.3. The quantitative estimate of drug-likeness (QED) is 0.292. The van der Waals surface area contributed by atoms with Crippen molar-refractivity contribution in [3.8, 4) is 17.2 Å². The van der Waals surface area contributed by atoms with Crippen LogP contribution in [0.3, 0.4) is 0 Å². The smallest absolute Gasteiger partial charge is 0.293 e. The van der Waals surface area contributed by atoms with E-state index in [1.54, 1.807) is 54.6 Å². The Morgan fingerprint density at radius 1 is 1.03 bits per heavy atom. The molecular formula is C27H22Cl2N2O6S. The van der Waals surface area contributed by atoms with Crippen molar-refractivity contribution in [2.75, 3.05) is 32.2 Å². The van der Waals surface area contributed by atoms with Gasteiger partial charge < -0.3 is 19.5 Å². The lowest BCUT2D eigenvalue weighted by atomic mass is 10.1. The van der Waals surface area contributed by atoms with E-state index in [-0.39, 0.29) is 46.4 Å². The predicted molar refractivity (Wildman–Crippen MR) is 148 cm³/mol. The molecule has 0 atom stereocenters. The molecule has 0 saturated carbocycles. The van der Waals surface area contributed by atoms with E-state index in [1.807, 2.05) is 18.2 Å². The minimum Gasteiger partial charge on any atom is -0.493 e. The molecule has 3 amide bonds. The summed E-state index contributed by atoms with van der Waals surface area (Å²) in [6.07, 6.45) is 1.55. The Balaban J connectivity index is 1.39. The van der Waals surface area contributed by atoms with E-state index >= 15 is 0 Å². The second-order valence-electron chi connectivity index (χ2n) is 7.87. The number of methoxy groups -OCH3 is 1. The topological polar surface area (TPSA) is 94.2 Å². The minimum absolute atomic E-state index is 0.117. The van der Waals surface area contributed by atoms with E-state index in [0.717, 1.165) is 16.7 Å². The van der Waals surface area contributed by atoms with E-state index in [4.69, 9.17) is 37.4 Å². The molecule has 3 aromatic carbocycles. The standard InChI is InChI=1S/C27H22Cl2N2O6S/c1-35-22-14-17(13-21(29)25(22)37-16-24(32)30-19-9-7-18(28)8-10-19)15-23-26(33)31(27(34)38-23)11-12-36-20-5-3-2-4-6-20/h2-10,13-15H,11-12,16H2,1H3,(H,30,32)/b23-15-. The van der Waals surface area contributed by atoms with Crippen LogP contribution in [-0.4, -0.2) is 48.8 Å². The molecule has 0 radical (unpaired) electrons. The Bertz CT molecular complexity index is 1370. The fraction of sp³-hybridized carbons (Fsp3) is 0.148. The number of para-hydroxylation sites is 1. The molecule has 1 aliphatic heterocycles. The van der Waals surface area contributed by atoms with Crippen molar-refractivity contribution < 1.29 is 28.6 Å². The van der Waals surface area contributed by atoms with Crippen molar-refractivity contribution in [1.82, 2.24) is 4.90 Å². The molecule has 11 heteroatoms. The highest BCUT2D eigenvalue weighted by molar-refractivity contribution is 8.18. The highest BCUT2D eigenvalue weighted by Crippen LogP contribution is 2.39. The number of ether oxygens (including phenoxy) is 3. The zero-order chi connectivity index (χ0) is 27.1. The van der Waals surface area contributed by atoms with Gasteiger partial charge in [0.2, 0.25) is 0 Å². The molecule has 196 valence electrons. The number of hydrogen-bond donors (Lipinski definition) is 1. The lowest BCUT2D eigenvalue weighted by Gasteiger charge is -2.14. The highest BCUT2D eigenvalue weighted by atomic mass is 35.5. The normalized spacial score (nSPS) is 14.1. The average Bonchev–Trinajstić information content (AvgIpc) is 3.17. The largest absolute Gasteiger partial charge is 0.493 e. The molecule has 1 saturated heterocycles. The highest BCUT2D eigenvalue weighted by Gasteiger charge is 2.35. The van der Waals surface area contributed by atoms with Crippen molar-refractivity contribution in [2.45, 2.75) is 0 Å². The molecule has 3 aromatic rings. The fourth-order valence-corrected chi connectivity index (χ4v) is 4.71. The number of anilines is 1. The van der Waals surface area contributed by atoms with Crippen LogP contribution in [0.2, 0.25) is 10.0 Å². The summed E-state index contributed by atoms with van der Waals surface area (Å²) < 4.78 is 16.6. The lowest BCUT2D eigenvalue weighted by Crippen LogP contribution is -2.32. The summed E-state index contributed by atoms with van der Waals surface area (Å²) in [7, 11) is 1.43. The van der Waals surface area contributed by atoms with Crippen LogP contribution in [0.15, 0.2) is 71.6 Å². The number of amides is 3. The van der Waals surface area contributed by atoms with Crippen molar-refractivity contribution >= 4 is 63.8 Å². The Labute approximate surface area is 233 Å². The van der Waals surface area contributed by atoms with Crippen LogP contribution in [0.25, 0.3) is 6.08 Å². The lowest BCUT2D eigenvalue weighted by molar-refractivity contribution is -0.123. The Morgan fingerprint density at radius 2 is 1.76 bits per heavy atom. The van der Waals surface area contributed by atoms with Gasteiger partial charge in [-0.15, -0.1) is 0 Å². The summed E-state index contributed by atoms with van der Waals surface area (Å²) in [5, 5.41) is 3.03. The Hall–Kier alpha value is -3.66. The first-order valence-electron chi connectivity index (χ1n) is 11.3. The molecule has 0 aliphatic carbocycles. The number of hydrogen-bond acceptors (Lipinski definition) is 7. The summed E-state index contributed by atoms with van der Waals surface area (Å²) in [5.74, 6) is 0.258. The number of imide groups is 1. The van der Waals surface area contributed by atoms with Gasteiger partial charge in [0.1, 0.15) is 12.4 Å². The van der Waals surface area contributed by atoms with Gasteiger partial charge in [-0.3, -0.25) is 19.3 Å². The average molecular weight is 573 g/mol. The SMILES string of the molecule is COc1cc(/C=C2\SC(=O)N(CCOc3ccccc3)C2=O)cc(Cl)c1OCC(=O)Nc1ccc(Cl)cc1. The summed E-state index contributed by atoms with van der Waals surface area (Å²) in [4.78, 5) is 38.9. The first-order valence-corrected chi connectivity index (χ1v) is 12.9. The van der Waals surface area contributed by atoms with Crippen LogP contribution in [-0.2, 0) is 9.59 Å². The van der Waals surface area contributed by atoms with Crippen molar-refractivity contribution in [3.63, 3.8) is 0 Å². The maximum atomic E-state index is 12.8. The number of rotatable bonds is 10. The molecule has 1 heterocycles. The Morgan fingerprint density at radius 3 is 2.47 bits per heavy atom. The van der Waals surface area contributed by atoms with Crippen LogP contribution in [0.4, 0.5) is 10.5 Å². The second-order valence-corrected chi connectivity index (χ2v) is 9.71. The zero-order valence-electron chi connectivity index (χ0n) is 20.1. The van der Waals surface area contributed by atoms with Crippen LogP contribution in [0.1, 0.15) is 5.56 Å². The van der Waals surface area contributed by atoms with E-state index in [2.05, 4.69) is 5.32 Å².